The minimum Gasteiger partial charge on any atom is -0.494 e. The molecule has 4 aromatic carbocycles. The average Bonchev–Trinajstić information content (AvgIpc) is 3.43. The monoisotopic (exact) mass is 589 g/mol. The van der Waals surface area contributed by atoms with Crippen molar-refractivity contribution in [2.75, 3.05) is 13.2 Å². The number of ether oxygens (including phenoxy) is 2. The average molecular weight is 590 g/mol. The topological polar surface area (TPSA) is 129 Å². The number of benzene rings is 4. The molecule has 0 unspecified atom stereocenters. The lowest BCUT2D eigenvalue weighted by Crippen LogP contribution is -2.49. The van der Waals surface area contributed by atoms with Crippen molar-refractivity contribution in [1.29, 1.82) is 0 Å². The van der Waals surface area contributed by atoms with Crippen LogP contribution in [0.3, 0.4) is 0 Å². The van der Waals surface area contributed by atoms with Gasteiger partial charge < -0.3 is 19.9 Å². The molecule has 0 bridgehead atoms. The minimum atomic E-state index is -1.37. The Kier molecular flexibility index (Phi) is 9.92. The maximum Gasteiger partial charge on any atom is 0.252 e. The van der Waals surface area contributed by atoms with Crippen LogP contribution in [-0.4, -0.2) is 35.7 Å². The summed E-state index contributed by atoms with van der Waals surface area (Å²) in [5.41, 5.74) is 12.9. The van der Waals surface area contributed by atoms with E-state index in [0.29, 0.717) is 36.8 Å². The van der Waals surface area contributed by atoms with Crippen LogP contribution in [0.4, 0.5) is 0 Å². The van der Waals surface area contributed by atoms with Crippen LogP contribution in [0.15, 0.2) is 113 Å². The van der Waals surface area contributed by atoms with E-state index >= 15 is 0 Å². The van der Waals surface area contributed by atoms with Gasteiger partial charge in [-0.05, 0) is 59.0 Å². The smallest absolute Gasteiger partial charge is 0.252 e. The lowest BCUT2D eigenvalue weighted by atomic mass is 9.80. The summed E-state index contributed by atoms with van der Waals surface area (Å²) in [6, 6.07) is 32.6. The van der Waals surface area contributed by atoms with Crippen molar-refractivity contribution in [3.63, 3.8) is 0 Å². The lowest BCUT2D eigenvalue weighted by molar-refractivity contribution is -0.129. The number of amides is 1. The molecule has 0 aromatic heterocycles. The Labute approximate surface area is 256 Å². The Balaban J connectivity index is 1.59. The first-order chi connectivity index (χ1) is 21.5. The van der Waals surface area contributed by atoms with Crippen LogP contribution >= 0.6 is 0 Å². The molecule has 44 heavy (non-hydrogen) atoms. The summed E-state index contributed by atoms with van der Waals surface area (Å²) in [6.07, 6.45) is 0.00871. The zero-order valence-electron chi connectivity index (χ0n) is 24.6. The summed E-state index contributed by atoms with van der Waals surface area (Å²) in [5.74, 6) is 0.714. The molecular formula is C35H35N5O4. The SMILES string of the molecule is Cc1cccc(CNC(=O)[C@]2(Cc3ccccc3)N=C(c3ccc(OCCCO)cc3)O[C@@H]2c2ccccc2CN=[N+]=[N-])c1. The van der Waals surface area contributed by atoms with Crippen LogP contribution in [0, 0.1) is 6.92 Å². The summed E-state index contributed by atoms with van der Waals surface area (Å²) in [4.78, 5) is 22.6. The summed E-state index contributed by atoms with van der Waals surface area (Å²) in [6.45, 7) is 2.91. The Hall–Kier alpha value is -5.11. The fourth-order valence-corrected chi connectivity index (χ4v) is 5.37. The third-order valence-corrected chi connectivity index (χ3v) is 7.52. The molecule has 0 spiro atoms. The predicted octanol–water partition coefficient (Wildman–Crippen LogP) is 6.38. The van der Waals surface area contributed by atoms with Crippen molar-refractivity contribution in [1.82, 2.24) is 5.32 Å². The highest BCUT2D eigenvalue weighted by atomic mass is 16.5. The van der Waals surface area contributed by atoms with Crippen LogP contribution in [0.1, 0.15) is 45.9 Å². The second kappa shape index (κ2) is 14.4. The van der Waals surface area contributed by atoms with Gasteiger partial charge in [0.1, 0.15) is 5.75 Å². The molecule has 9 heteroatoms. The van der Waals surface area contributed by atoms with Gasteiger partial charge >= 0.3 is 0 Å². The number of carbonyl (C=O) groups excluding carboxylic acids is 1. The van der Waals surface area contributed by atoms with E-state index in [0.717, 1.165) is 27.8 Å². The molecule has 2 atom stereocenters. The molecule has 1 amide bonds. The number of aryl methyl sites for hydroxylation is 1. The summed E-state index contributed by atoms with van der Waals surface area (Å²) >= 11 is 0. The van der Waals surface area contributed by atoms with E-state index in [1.807, 2.05) is 110 Å². The number of hydrogen-bond donors (Lipinski definition) is 2. The first-order valence-electron chi connectivity index (χ1n) is 14.6. The first-order valence-corrected chi connectivity index (χ1v) is 14.6. The van der Waals surface area contributed by atoms with E-state index in [1.54, 1.807) is 0 Å². The molecule has 1 heterocycles. The van der Waals surface area contributed by atoms with E-state index < -0.39 is 11.6 Å². The molecule has 4 aromatic rings. The van der Waals surface area contributed by atoms with E-state index in [4.69, 9.17) is 25.1 Å². The number of carbonyl (C=O) groups is 1. The maximum absolute atomic E-state index is 14.5. The minimum absolute atomic E-state index is 0.0563. The normalized spacial score (nSPS) is 17.2. The van der Waals surface area contributed by atoms with Gasteiger partial charge in [0, 0.05) is 36.5 Å². The van der Waals surface area contributed by atoms with Gasteiger partial charge in [-0.3, -0.25) is 4.79 Å². The number of rotatable bonds is 13. The van der Waals surface area contributed by atoms with E-state index in [9.17, 15) is 4.79 Å². The van der Waals surface area contributed by atoms with Gasteiger partial charge in [0.25, 0.3) is 5.91 Å². The molecule has 1 aliphatic rings. The molecule has 0 fully saturated rings. The molecule has 5 rings (SSSR count). The number of azide groups is 1. The fourth-order valence-electron chi connectivity index (χ4n) is 5.37. The molecule has 9 nitrogen and oxygen atoms in total. The number of aliphatic hydroxyl groups is 1. The Morgan fingerprint density at radius 2 is 1.77 bits per heavy atom. The number of aliphatic hydroxyl groups excluding tert-OH is 1. The largest absolute Gasteiger partial charge is 0.494 e. The van der Waals surface area contributed by atoms with Gasteiger partial charge in [0.05, 0.1) is 13.2 Å². The standard InChI is InChI=1S/C35H35N5O4/c1-25-9-7-12-27(21-25)23-37-34(42)35(22-26-10-3-2-4-11-26)32(31-14-6-5-13-29(31)24-38-40-36)44-33(39-35)28-15-17-30(18-16-28)43-20-8-19-41/h2-7,9-18,21,32,41H,8,19-20,22-24H2,1H3,(H,37,42)/t32-,35-/m1/s1. The fraction of sp³-hybridized carbons (Fsp3) is 0.257. The van der Waals surface area contributed by atoms with Crippen molar-refractivity contribution in [3.05, 3.63) is 147 Å². The quantitative estimate of drug-likeness (QED) is 0.0811. The molecule has 0 aliphatic carbocycles. The summed E-state index contributed by atoms with van der Waals surface area (Å²) in [5, 5.41) is 16.0. The van der Waals surface area contributed by atoms with Crippen LogP contribution in [0.25, 0.3) is 10.4 Å². The third kappa shape index (κ3) is 7.09. The van der Waals surface area contributed by atoms with Crippen LogP contribution in [0.2, 0.25) is 0 Å². The first kappa shape index (κ1) is 30.4. The van der Waals surface area contributed by atoms with Crippen molar-refractivity contribution >= 4 is 11.8 Å². The van der Waals surface area contributed by atoms with Crippen molar-refractivity contribution in [2.45, 2.75) is 44.5 Å². The second-order valence-corrected chi connectivity index (χ2v) is 10.7. The van der Waals surface area contributed by atoms with Gasteiger partial charge in [-0.1, -0.05) is 89.5 Å². The second-order valence-electron chi connectivity index (χ2n) is 10.7. The van der Waals surface area contributed by atoms with E-state index in [2.05, 4.69) is 15.3 Å². The van der Waals surface area contributed by atoms with Gasteiger partial charge in [-0.2, -0.15) is 0 Å². The van der Waals surface area contributed by atoms with E-state index in [-0.39, 0.29) is 25.5 Å². The lowest BCUT2D eigenvalue weighted by Gasteiger charge is -2.32. The van der Waals surface area contributed by atoms with Crippen molar-refractivity contribution in [3.8, 4) is 5.75 Å². The highest BCUT2D eigenvalue weighted by Gasteiger charge is 2.53. The van der Waals surface area contributed by atoms with Crippen molar-refractivity contribution < 1.29 is 19.4 Å². The summed E-state index contributed by atoms with van der Waals surface area (Å²) < 4.78 is 12.4. The number of hydrogen-bond acceptors (Lipinski definition) is 6. The predicted molar refractivity (Wildman–Crippen MR) is 169 cm³/mol. The Morgan fingerprint density at radius 1 is 1.02 bits per heavy atom. The van der Waals surface area contributed by atoms with Crippen LogP contribution < -0.4 is 10.1 Å². The molecule has 0 radical (unpaired) electrons. The van der Waals surface area contributed by atoms with Gasteiger partial charge in [-0.25, -0.2) is 4.99 Å². The molecular weight excluding hydrogens is 554 g/mol. The molecule has 224 valence electrons. The molecule has 0 saturated heterocycles. The van der Waals surface area contributed by atoms with Gasteiger partial charge in [-0.15, -0.1) is 0 Å². The summed E-state index contributed by atoms with van der Waals surface area (Å²) in [7, 11) is 0. The number of nitrogens with zero attached hydrogens (tertiary/aromatic N) is 4. The van der Waals surface area contributed by atoms with Gasteiger partial charge in [0.15, 0.2) is 11.6 Å². The Morgan fingerprint density at radius 3 is 2.52 bits per heavy atom. The maximum atomic E-state index is 14.5. The van der Waals surface area contributed by atoms with Gasteiger partial charge in [0.2, 0.25) is 5.90 Å². The highest BCUT2D eigenvalue weighted by molar-refractivity contribution is 6.01. The highest BCUT2D eigenvalue weighted by Crippen LogP contribution is 2.44. The molecule has 0 saturated carbocycles. The van der Waals surface area contributed by atoms with E-state index in [1.165, 1.54) is 0 Å². The van der Waals surface area contributed by atoms with Crippen molar-refractivity contribution in [2.24, 2.45) is 10.1 Å². The Bertz CT molecular complexity index is 1650. The number of aliphatic imine (C=N–C) groups is 1. The van der Waals surface area contributed by atoms with Crippen LogP contribution in [0.5, 0.6) is 5.75 Å². The zero-order chi connectivity index (χ0) is 30.8. The molecule has 1 aliphatic heterocycles. The zero-order valence-corrected chi connectivity index (χ0v) is 24.6. The number of nitrogens with one attached hydrogen (secondary N) is 1. The third-order valence-electron chi connectivity index (χ3n) is 7.52. The molecule has 2 N–H and O–H groups in total. The van der Waals surface area contributed by atoms with Crippen LogP contribution in [-0.2, 0) is 29.0 Å².